The molecule has 4 heterocycles. The van der Waals surface area contributed by atoms with Crippen LogP contribution in [-0.4, -0.2) is 216 Å². The smallest absolute Gasteiger partial charge is 0.251 e. The fraction of sp³-hybridized carbons (Fsp3) is 0.534. The molecule has 27 nitrogen and oxygen atoms in total. The summed E-state index contributed by atoms with van der Waals surface area (Å²) in [6, 6.07) is 6.70. The number of phenols is 1. The van der Waals surface area contributed by atoms with Crippen LogP contribution in [0.15, 0.2) is 66.7 Å². The Morgan fingerprint density at radius 1 is 0.733 bits per heavy atom. The van der Waals surface area contributed by atoms with Crippen molar-refractivity contribution in [3.63, 3.8) is 0 Å². The van der Waals surface area contributed by atoms with Gasteiger partial charge in [-0.1, -0.05) is 62.6 Å². The van der Waals surface area contributed by atoms with Gasteiger partial charge in [0, 0.05) is 68.0 Å². The Kier molecular flexibility index (Phi) is 23.7. The van der Waals surface area contributed by atoms with Crippen molar-refractivity contribution in [3.05, 3.63) is 77.9 Å². The molecule has 3 saturated heterocycles. The van der Waals surface area contributed by atoms with Crippen molar-refractivity contribution in [2.45, 2.75) is 145 Å². The van der Waals surface area contributed by atoms with Crippen LogP contribution in [0.4, 0.5) is 0 Å². The van der Waals surface area contributed by atoms with Gasteiger partial charge in [-0.2, -0.15) is 0 Å². The number of aliphatic hydroxyl groups excluding tert-OH is 6. The first kappa shape index (κ1) is 66.1. The molecule has 1 aromatic heterocycles. The van der Waals surface area contributed by atoms with E-state index in [-0.39, 0.29) is 55.3 Å². The Labute approximate surface area is 500 Å². The maximum absolute atomic E-state index is 14.7. The maximum atomic E-state index is 14.7. The molecule has 3 aromatic carbocycles. The summed E-state index contributed by atoms with van der Waals surface area (Å²) in [5.74, 6) is -7.91. The summed E-state index contributed by atoms with van der Waals surface area (Å²) >= 11 is 1.31. The van der Waals surface area contributed by atoms with Gasteiger partial charge >= 0.3 is 0 Å². The number of carbonyl (C=O) groups excluding carboxylic acids is 7. The minimum absolute atomic E-state index is 0.00448. The lowest BCUT2D eigenvalue weighted by molar-refractivity contribution is -0.147. The summed E-state index contributed by atoms with van der Waals surface area (Å²) < 4.78 is 11.4. The number of ether oxygens (including phenoxy) is 2. The zero-order chi connectivity index (χ0) is 62.4. The lowest BCUT2D eigenvalue weighted by Gasteiger charge is -2.34. The Hall–Kier alpha value is -7.41. The third-order valence-corrected chi connectivity index (χ3v) is 16.3. The van der Waals surface area contributed by atoms with Crippen LogP contribution in [0, 0.1) is 5.92 Å². The fourth-order valence-electron chi connectivity index (χ4n) is 10.5. The van der Waals surface area contributed by atoms with Gasteiger partial charge in [-0.25, -0.2) is 0 Å². The number of nitrogens with two attached hydrogens (primary N) is 2. The highest BCUT2D eigenvalue weighted by Crippen LogP contribution is 2.32. The number of nitrogens with zero attached hydrogens (tertiary/aromatic N) is 4. The summed E-state index contributed by atoms with van der Waals surface area (Å²) in [6.07, 6.45) is -7.50. The molecule has 7 rings (SSSR count). The molecule has 0 spiro atoms. The van der Waals surface area contributed by atoms with E-state index in [1.54, 1.807) is 12.1 Å². The zero-order valence-electron chi connectivity index (χ0n) is 48.1. The van der Waals surface area contributed by atoms with Crippen molar-refractivity contribution in [2.75, 3.05) is 45.9 Å². The molecule has 7 amide bonds. The van der Waals surface area contributed by atoms with Crippen LogP contribution < -0.4 is 47.5 Å². The van der Waals surface area contributed by atoms with Gasteiger partial charge in [0.05, 0.1) is 43.2 Å². The van der Waals surface area contributed by atoms with E-state index >= 15 is 0 Å². The molecular weight excluding hydrogens is 1140 g/mol. The Balaban J connectivity index is 1.17. The van der Waals surface area contributed by atoms with E-state index < -0.39 is 152 Å². The number of carbonyl (C=O) groups is 7. The molecule has 28 heteroatoms. The van der Waals surface area contributed by atoms with Gasteiger partial charge in [-0.05, 0) is 80.4 Å². The number of aliphatic hydroxyl groups is 6. The minimum Gasteiger partial charge on any atom is -0.504 e. The first-order valence-electron chi connectivity index (χ1n) is 28.8. The summed E-state index contributed by atoms with van der Waals surface area (Å²) in [5, 5.41) is 101. The van der Waals surface area contributed by atoms with Gasteiger partial charge in [-0.15, -0.1) is 10.2 Å². The van der Waals surface area contributed by atoms with Crippen LogP contribution in [0.5, 0.6) is 17.2 Å². The number of nitrogens with one attached hydrogen (secondary N) is 5. The van der Waals surface area contributed by atoms with E-state index in [9.17, 15) is 69.3 Å². The van der Waals surface area contributed by atoms with Crippen LogP contribution in [0.2, 0.25) is 0 Å². The second-order valence-electron chi connectivity index (χ2n) is 21.9. The number of unbranched alkanes of at least 4 members (excludes halogenated alkanes) is 3. The number of benzene rings is 3. The predicted octanol–water partition coefficient (Wildman–Crippen LogP) is -1.83. The lowest BCUT2D eigenvalue weighted by atomic mass is 9.98. The monoisotopic (exact) mass is 1220 g/mol. The highest BCUT2D eigenvalue weighted by atomic mass is 32.1. The van der Waals surface area contributed by atoms with E-state index in [0.29, 0.717) is 22.2 Å². The molecule has 86 heavy (non-hydrogen) atoms. The van der Waals surface area contributed by atoms with E-state index in [2.05, 4.69) is 43.7 Å². The summed E-state index contributed by atoms with van der Waals surface area (Å²) in [6.45, 7) is 3.84. The molecule has 13 atom stereocenters. The first-order chi connectivity index (χ1) is 41.1. The van der Waals surface area contributed by atoms with Crippen LogP contribution >= 0.6 is 11.3 Å². The SMILES string of the molecule is CCCCCCOc1ccc(-c2nnc(-c3ccc(C(=O)NC4C[C@@H](O)CNC(=O)[C@@H]5[C@@H](O)[C@@H](C)CN5C(=O)[C@H]([C@H](O)CCN)NC(=O)[C@H]([C@H](O)Cc5ccc(O)c(OCCN)c5)NC(=O)[C@@H]5C[C@@H](O)CN5C(=O)[C@H]([C@@H](C)O)NC4=O)cc3)s2)cc1. The molecule has 0 radical (unpaired) electrons. The average molecular weight is 1220 g/mol. The number of amides is 7. The lowest BCUT2D eigenvalue weighted by Crippen LogP contribution is -2.64. The predicted molar refractivity (Wildman–Crippen MR) is 312 cm³/mol. The average Bonchev–Trinajstić information content (AvgIpc) is 2.60. The van der Waals surface area contributed by atoms with E-state index in [4.69, 9.17) is 20.9 Å². The van der Waals surface area contributed by atoms with Gasteiger partial charge in [-0.3, -0.25) is 33.6 Å². The van der Waals surface area contributed by atoms with Crippen LogP contribution in [0.1, 0.15) is 81.6 Å². The largest absolute Gasteiger partial charge is 0.504 e. The summed E-state index contributed by atoms with van der Waals surface area (Å²) in [5.41, 5.74) is 13.1. The van der Waals surface area contributed by atoms with Gasteiger partial charge in [0.15, 0.2) is 11.5 Å². The highest BCUT2D eigenvalue weighted by molar-refractivity contribution is 7.17. The maximum Gasteiger partial charge on any atom is 0.251 e. The number of fused-ring (bicyclic) bond motifs is 2. The van der Waals surface area contributed by atoms with E-state index in [0.717, 1.165) is 53.7 Å². The molecule has 3 aliphatic heterocycles. The number of β-amino-alcohol motifs (C(OH)–C–C–N with tert-alkyl or cyclic N) is 1. The van der Waals surface area contributed by atoms with Gasteiger partial charge < -0.3 is 93.1 Å². The molecular formula is C58H79N11O16S. The topological polar surface area (TPSA) is 424 Å². The van der Waals surface area contributed by atoms with Gasteiger partial charge in [0.2, 0.25) is 35.4 Å². The van der Waals surface area contributed by atoms with E-state index in [1.165, 1.54) is 48.6 Å². The summed E-state index contributed by atoms with van der Waals surface area (Å²) in [4.78, 5) is 103. The van der Waals surface area contributed by atoms with Crippen LogP contribution in [0.25, 0.3) is 21.1 Å². The number of hydrogen-bond acceptors (Lipinski definition) is 21. The molecule has 3 fully saturated rings. The Morgan fingerprint density at radius 2 is 1.38 bits per heavy atom. The number of rotatable bonds is 20. The molecule has 1 unspecified atom stereocenters. The minimum atomic E-state index is -2.04. The third kappa shape index (κ3) is 16.8. The molecule has 0 aliphatic carbocycles. The van der Waals surface area contributed by atoms with Crippen molar-refractivity contribution in [3.8, 4) is 38.4 Å². The van der Waals surface area contributed by atoms with Crippen molar-refractivity contribution >= 4 is 52.7 Å². The molecule has 3 aliphatic rings. The summed E-state index contributed by atoms with van der Waals surface area (Å²) in [7, 11) is 0. The second kappa shape index (κ2) is 30.8. The Morgan fingerprint density at radius 3 is 2.03 bits per heavy atom. The normalized spacial score (nSPS) is 25.6. The van der Waals surface area contributed by atoms with E-state index in [1.807, 2.05) is 24.3 Å². The number of aromatic nitrogens is 2. The second-order valence-corrected chi connectivity index (χ2v) is 22.9. The fourth-order valence-corrected chi connectivity index (χ4v) is 11.3. The molecule has 4 aromatic rings. The van der Waals surface area contributed by atoms with Crippen molar-refractivity contribution in [2.24, 2.45) is 17.4 Å². The molecule has 0 bridgehead atoms. The van der Waals surface area contributed by atoms with Gasteiger partial charge in [0.25, 0.3) is 5.91 Å². The quantitative estimate of drug-likeness (QED) is 0.0433. The van der Waals surface area contributed by atoms with Crippen LogP contribution in [0.3, 0.4) is 0 Å². The van der Waals surface area contributed by atoms with Crippen LogP contribution in [-0.2, 0) is 35.2 Å². The van der Waals surface area contributed by atoms with Crippen molar-refractivity contribution in [1.82, 2.24) is 46.6 Å². The molecule has 0 saturated carbocycles. The molecule has 16 N–H and O–H groups in total. The van der Waals surface area contributed by atoms with Gasteiger partial charge in [0.1, 0.15) is 58.6 Å². The third-order valence-electron chi connectivity index (χ3n) is 15.2. The van der Waals surface area contributed by atoms with Crippen molar-refractivity contribution < 1.29 is 78.8 Å². The number of hydrogen-bond donors (Lipinski definition) is 14. The first-order valence-corrected chi connectivity index (χ1v) is 29.6. The van der Waals surface area contributed by atoms with Crippen molar-refractivity contribution in [1.29, 1.82) is 0 Å². The number of aromatic hydroxyl groups is 1. The standard InChI is InChI=1S/C58H79N11O16S/c1-4-5-6-7-21-84-38-15-13-35(14-16-38)56-67-66-55(86-56)34-11-9-33(10-12-34)50(77)62-39-25-36(71)27-61-54(81)48-49(76)30(2)28-69(48)58(83)47(42(74)18-19-59)65-53(80)46(43(75)23-32-8-17-41(73)44(24-32)85-22-20-60)64-52(79)40-26-37(72)29-68(40)57(82)45(31(3)70)63-51(39)78/h8-17,24,30-31,36-37,39-40,42-43,45-49,70-76H,4-7,18-23,25-29,59-60H2,1-3H3,(H,61,81)(H,62,77)(H,63,78)(H,64,79)(H,65,80)/t30-,31+,36+,37+,39?,40-,42+,43+,45-,46-,47-,48-,49-/m0/s1. The Bertz CT molecular complexity index is 2970. The zero-order valence-corrected chi connectivity index (χ0v) is 48.9. The molecule has 468 valence electrons. The highest BCUT2D eigenvalue weighted by Gasteiger charge is 2.50. The number of phenolic OH excluding ortho intramolecular Hbond substituents is 1.